The Hall–Kier alpha value is -2.74. The summed E-state index contributed by atoms with van der Waals surface area (Å²) in [6, 6.07) is 6.10. The SMILES string of the molecule is COc1ccc(C[C@H](CC(=O)[C@@H](C)NC(=O)C2CCCC2)C(=O)N[C@@H](CC2CCCC2)C(=O)[C@@]2(C)CO2)cc1. The maximum Gasteiger partial charge on any atom is 0.224 e. The number of amides is 2. The molecule has 39 heavy (non-hydrogen) atoms. The summed E-state index contributed by atoms with van der Waals surface area (Å²) in [6.07, 6.45) is 9.10. The molecule has 2 aliphatic carbocycles. The van der Waals surface area contributed by atoms with Gasteiger partial charge in [-0.3, -0.25) is 19.2 Å². The quantitative estimate of drug-likeness (QED) is 0.346. The fourth-order valence-electron chi connectivity index (χ4n) is 6.04. The largest absolute Gasteiger partial charge is 0.497 e. The first-order chi connectivity index (χ1) is 18.7. The van der Waals surface area contributed by atoms with Gasteiger partial charge in [-0.15, -0.1) is 0 Å². The van der Waals surface area contributed by atoms with Gasteiger partial charge in [0.05, 0.1) is 25.8 Å². The summed E-state index contributed by atoms with van der Waals surface area (Å²) in [5.74, 6) is -0.275. The van der Waals surface area contributed by atoms with Gasteiger partial charge < -0.3 is 20.1 Å². The minimum atomic E-state index is -0.836. The van der Waals surface area contributed by atoms with Crippen LogP contribution in [0.4, 0.5) is 0 Å². The van der Waals surface area contributed by atoms with E-state index in [0.29, 0.717) is 31.1 Å². The Morgan fingerprint density at radius 2 is 1.62 bits per heavy atom. The lowest BCUT2D eigenvalue weighted by Crippen LogP contribution is -2.50. The van der Waals surface area contributed by atoms with Crippen molar-refractivity contribution < 1.29 is 28.7 Å². The Balaban J connectivity index is 1.46. The molecule has 1 aromatic carbocycles. The van der Waals surface area contributed by atoms with Crippen molar-refractivity contribution in [2.75, 3.05) is 13.7 Å². The highest BCUT2D eigenvalue weighted by molar-refractivity contribution is 5.98. The second kappa shape index (κ2) is 13.1. The second-order valence-electron chi connectivity index (χ2n) is 12.0. The molecule has 0 radical (unpaired) electrons. The van der Waals surface area contributed by atoms with E-state index in [0.717, 1.165) is 56.9 Å². The Labute approximate surface area is 232 Å². The Morgan fingerprint density at radius 3 is 2.21 bits per heavy atom. The van der Waals surface area contributed by atoms with E-state index in [2.05, 4.69) is 10.6 Å². The monoisotopic (exact) mass is 540 g/mol. The van der Waals surface area contributed by atoms with E-state index in [1.54, 1.807) is 21.0 Å². The van der Waals surface area contributed by atoms with Crippen molar-refractivity contribution in [1.29, 1.82) is 0 Å². The van der Waals surface area contributed by atoms with Crippen LogP contribution < -0.4 is 15.4 Å². The topological polar surface area (TPSA) is 114 Å². The van der Waals surface area contributed by atoms with Crippen molar-refractivity contribution in [3.8, 4) is 5.75 Å². The predicted octanol–water partition coefficient (Wildman–Crippen LogP) is 3.93. The fraction of sp³-hybridized carbons (Fsp3) is 0.677. The zero-order valence-electron chi connectivity index (χ0n) is 23.6. The summed E-state index contributed by atoms with van der Waals surface area (Å²) in [5, 5.41) is 5.90. The van der Waals surface area contributed by atoms with E-state index in [1.807, 2.05) is 24.3 Å². The third-order valence-corrected chi connectivity index (χ3v) is 8.80. The van der Waals surface area contributed by atoms with Gasteiger partial charge in [0.2, 0.25) is 11.8 Å². The molecule has 0 spiro atoms. The van der Waals surface area contributed by atoms with Gasteiger partial charge in [0.25, 0.3) is 0 Å². The molecular formula is C31H44N2O6. The first-order valence-corrected chi connectivity index (χ1v) is 14.6. The van der Waals surface area contributed by atoms with E-state index in [-0.39, 0.29) is 35.7 Å². The van der Waals surface area contributed by atoms with Gasteiger partial charge in [0.15, 0.2) is 11.6 Å². The van der Waals surface area contributed by atoms with Crippen LogP contribution in [0.5, 0.6) is 5.75 Å². The third kappa shape index (κ3) is 7.90. The molecule has 8 nitrogen and oxygen atoms in total. The first-order valence-electron chi connectivity index (χ1n) is 14.6. The van der Waals surface area contributed by atoms with Crippen LogP contribution in [0.1, 0.15) is 83.6 Å². The lowest BCUT2D eigenvalue weighted by atomic mass is 9.88. The van der Waals surface area contributed by atoms with Gasteiger partial charge in [-0.1, -0.05) is 50.7 Å². The number of ketones is 2. The van der Waals surface area contributed by atoms with E-state index in [4.69, 9.17) is 9.47 Å². The molecule has 1 heterocycles. The molecule has 1 aromatic rings. The number of methoxy groups -OCH3 is 1. The van der Waals surface area contributed by atoms with Crippen LogP contribution in [-0.2, 0) is 30.3 Å². The lowest BCUT2D eigenvalue weighted by Gasteiger charge is -2.26. The average Bonchev–Trinajstić information content (AvgIpc) is 3.32. The first kappa shape index (κ1) is 29.2. The minimum absolute atomic E-state index is 0.0257. The summed E-state index contributed by atoms with van der Waals surface area (Å²) < 4.78 is 10.7. The van der Waals surface area contributed by atoms with Crippen molar-refractivity contribution in [3.05, 3.63) is 29.8 Å². The number of rotatable bonds is 14. The van der Waals surface area contributed by atoms with E-state index >= 15 is 0 Å². The van der Waals surface area contributed by atoms with Gasteiger partial charge in [0.1, 0.15) is 11.4 Å². The van der Waals surface area contributed by atoms with Crippen molar-refractivity contribution in [1.82, 2.24) is 10.6 Å². The molecule has 2 amide bonds. The minimum Gasteiger partial charge on any atom is -0.497 e. The van der Waals surface area contributed by atoms with E-state index in [9.17, 15) is 19.2 Å². The Morgan fingerprint density at radius 1 is 1.00 bits per heavy atom. The van der Waals surface area contributed by atoms with Crippen LogP contribution in [0.15, 0.2) is 24.3 Å². The standard InChI is InChI=1S/C31H44N2O6/c1-20(32-29(36)23-10-6-7-11-23)27(34)18-24(16-22-12-14-25(38-3)15-13-22)30(37)33-26(17-21-8-4-5-9-21)28(35)31(2)19-39-31/h12-15,20-21,23-24,26H,4-11,16-19H2,1-3H3,(H,32,36)(H,33,37)/t20-,24-,26+,31-/m1/s1. The zero-order chi connectivity index (χ0) is 28.0. The molecule has 2 N–H and O–H groups in total. The third-order valence-electron chi connectivity index (χ3n) is 8.80. The highest BCUT2D eigenvalue weighted by Gasteiger charge is 2.50. The van der Waals surface area contributed by atoms with Gasteiger partial charge >= 0.3 is 0 Å². The predicted molar refractivity (Wildman–Crippen MR) is 147 cm³/mol. The Bertz CT molecular complexity index is 1020. The number of carbonyl (C=O) groups is 4. The molecule has 3 fully saturated rings. The van der Waals surface area contributed by atoms with Crippen molar-refractivity contribution in [3.63, 3.8) is 0 Å². The molecule has 0 unspecified atom stereocenters. The molecular weight excluding hydrogens is 496 g/mol. The number of hydrogen-bond acceptors (Lipinski definition) is 6. The van der Waals surface area contributed by atoms with E-state index < -0.39 is 23.6 Å². The summed E-state index contributed by atoms with van der Waals surface area (Å²) in [6.45, 7) is 3.83. The number of Topliss-reactive ketones (excluding diaryl/α,β-unsaturated/α-hetero) is 2. The van der Waals surface area contributed by atoms with E-state index in [1.165, 1.54) is 0 Å². The number of carbonyl (C=O) groups excluding carboxylic acids is 4. The van der Waals surface area contributed by atoms with Crippen LogP contribution in [0.2, 0.25) is 0 Å². The van der Waals surface area contributed by atoms with Crippen LogP contribution in [-0.4, -0.2) is 54.8 Å². The van der Waals surface area contributed by atoms with Crippen LogP contribution in [0.3, 0.4) is 0 Å². The summed E-state index contributed by atoms with van der Waals surface area (Å²) in [5.41, 5.74) is 0.0548. The maximum atomic E-state index is 13.7. The van der Waals surface area contributed by atoms with Crippen LogP contribution in [0, 0.1) is 17.8 Å². The lowest BCUT2D eigenvalue weighted by molar-refractivity contribution is -0.135. The number of nitrogens with one attached hydrogen (secondary N) is 2. The van der Waals surface area contributed by atoms with Crippen molar-refractivity contribution in [2.24, 2.45) is 17.8 Å². The molecule has 4 rings (SSSR count). The summed E-state index contributed by atoms with van der Waals surface area (Å²) in [4.78, 5) is 52.9. The molecule has 8 heteroatoms. The van der Waals surface area contributed by atoms with Crippen molar-refractivity contribution >= 4 is 23.4 Å². The number of ether oxygens (including phenoxy) is 2. The van der Waals surface area contributed by atoms with Crippen LogP contribution in [0.25, 0.3) is 0 Å². The maximum absolute atomic E-state index is 13.7. The molecule has 214 valence electrons. The smallest absolute Gasteiger partial charge is 0.224 e. The highest BCUT2D eigenvalue weighted by atomic mass is 16.6. The molecule has 2 saturated carbocycles. The summed E-state index contributed by atoms with van der Waals surface area (Å²) in [7, 11) is 1.59. The normalized spacial score (nSPS) is 23.6. The molecule has 0 bridgehead atoms. The molecule has 3 aliphatic rings. The number of benzene rings is 1. The fourth-order valence-corrected chi connectivity index (χ4v) is 6.04. The molecule has 1 aliphatic heterocycles. The number of hydrogen-bond donors (Lipinski definition) is 2. The van der Waals surface area contributed by atoms with Gasteiger partial charge in [-0.25, -0.2) is 0 Å². The molecule has 0 aromatic heterocycles. The molecule has 1 saturated heterocycles. The molecule has 4 atom stereocenters. The number of epoxide rings is 1. The average molecular weight is 541 g/mol. The van der Waals surface area contributed by atoms with Crippen molar-refractivity contribution in [2.45, 2.75) is 102 Å². The Kier molecular flexibility index (Phi) is 9.81. The van der Waals surface area contributed by atoms with Gasteiger partial charge in [-0.05, 0) is 63.1 Å². The second-order valence-corrected chi connectivity index (χ2v) is 12.0. The van der Waals surface area contributed by atoms with Gasteiger partial charge in [-0.2, -0.15) is 0 Å². The van der Waals surface area contributed by atoms with Crippen LogP contribution >= 0.6 is 0 Å². The summed E-state index contributed by atoms with van der Waals surface area (Å²) >= 11 is 0. The van der Waals surface area contributed by atoms with Gasteiger partial charge in [0, 0.05) is 18.3 Å². The zero-order valence-corrected chi connectivity index (χ0v) is 23.6. The highest BCUT2D eigenvalue weighted by Crippen LogP contribution is 2.34.